The maximum Gasteiger partial charge on any atom is 0.0417 e. The second-order valence-corrected chi connectivity index (χ2v) is 6.61. The van der Waals surface area contributed by atoms with Crippen LogP contribution in [0.2, 0.25) is 5.02 Å². The molecule has 1 rings (SSSR count). The third kappa shape index (κ3) is 5.64. The zero-order valence-electron chi connectivity index (χ0n) is 11.8. The Morgan fingerprint density at radius 3 is 2.61 bits per heavy atom. The molecule has 0 saturated carbocycles. The van der Waals surface area contributed by atoms with Gasteiger partial charge in [0.15, 0.2) is 0 Å². The number of nitrogens with one attached hydrogen (secondary N) is 1. The lowest BCUT2D eigenvalue weighted by molar-refractivity contribution is 0.584. The summed E-state index contributed by atoms with van der Waals surface area (Å²) in [5.74, 6) is 1.91. The minimum atomic E-state index is 0.507. The Hall–Kier alpha value is -0.180. The van der Waals surface area contributed by atoms with Gasteiger partial charge in [0, 0.05) is 28.3 Å². The molecular formula is C15H24ClNS. The zero-order chi connectivity index (χ0) is 13.5. The van der Waals surface area contributed by atoms with Gasteiger partial charge in [-0.15, -0.1) is 11.8 Å². The quantitative estimate of drug-likeness (QED) is 0.710. The van der Waals surface area contributed by atoms with E-state index in [1.807, 2.05) is 17.8 Å². The van der Waals surface area contributed by atoms with Gasteiger partial charge in [-0.1, -0.05) is 51.8 Å². The van der Waals surface area contributed by atoms with Gasteiger partial charge in [-0.3, -0.25) is 0 Å². The van der Waals surface area contributed by atoms with Crippen molar-refractivity contribution in [2.45, 2.75) is 51.6 Å². The Morgan fingerprint density at radius 1 is 1.28 bits per heavy atom. The van der Waals surface area contributed by atoms with E-state index in [4.69, 9.17) is 11.6 Å². The smallest absolute Gasteiger partial charge is 0.0417 e. The van der Waals surface area contributed by atoms with Gasteiger partial charge >= 0.3 is 0 Å². The third-order valence-corrected chi connectivity index (χ3v) is 4.61. The molecule has 0 aliphatic carbocycles. The van der Waals surface area contributed by atoms with Crippen molar-refractivity contribution in [3.05, 3.63) is 28.8 Å². The summed E-state index contributed by atoms with van der Waals surface area (Å²) in [7, 11) is 0. The van der Waals surface area contributed by atoms with Crippen molar-refractivity contribution >= 4 is 23.4 Å². The van der Waals surface area contributed by atoms with Crippen LogP contribution >= 0.6 is 23.4 Å². The standard InChI is InChI=1S/C15H24ClNS/c1-5-12(4)10-18-15-8-14(16)7-6-13(15)9-17-11(2)3/h6-8,11-12,17H,5,9-10H2,1-4H3. The van der Waals surface area contributed by atoms with E-state index in [0.717, 1.165) is 23.2 Å². The maximum absolute atomic E-state index is 6.09. The van der Waals surface area contributed by atoms with Crippen molar-refractivity contribution < 1.29 is 0 Å². The average Bonchev–Trinajstić information content (AvgIpc) is 2.34. The van der Waals surface area contributed by atoms with Crippen LogP contribution in [0, 0.1) is 5.92 Å². The van der Waals surface area contributed by atoms with Gasteiger partial charge in [-0.25, -0.2) is 0 Å². The van der Waals surface area contributed by atoms with Crippen molar-refractivity contribution in [2.75, 3.05) is 5.75 Å². The Morgan fingerprint density at radius 2 is 2.00 bits per heavy atom. The van der Waals surface area contributed by atoms with E-state index in [2.05, 4.69) is 45.1 Å². The number of hydrogen-bond acceptors (Lipinski definition) is 2. The second-order valence-electron chi connectivity index (χ2n) is 5.11. The molecule has 0 radical (unpaired) electrons. The first kappa shape index (κ1) is 15.9. The van der Waals surface area contributed by atoms with Crippen LogP contribution in [0.1, 0.15) is 39.7 Å². The Bertz CT molecular complexity index is 366. The summed E-state index contributed by atoms with van der Waals surface area (Å²) in [6.07, 6.45) is 1.23. The molecule has 1 aromatic carbocycles. The van der Waals surface area contributed by atoms with Gasteiger partial charge in [0.05, 0.1) is 0 Å². The molecule has 1 aromatic rings. The lowest BCUT2D eigenvalue weighted by atomic mass is 10.2. The van der Waals surface area contributed by atoms with Crippen LogP contribution < -0.4 is 5.32 Å². The minimum absolute atomic E-state index is 0.507. The SMILES string of the molecule is CCC(C)CSc1cc(Cl)ccc1CNC(C)C. The molecule has 0 fully saturated rings. The van der Waals surface area contributed by atoms with Crippen LogP contribution in [0.3, 0.4) is 0 Å². The molecule has 0 aliphatic heterocycles. The van der Waals surface area contributed by atoms with Crippen LogP contribution in [-0.2, 0) is 6.54 Å². The maximum atomic E-state index is 6.09. The van der Waals surface area contributed by atoms with Crippen molar-refractivity contribution in [1.82, 2.24) is 5.32 Å². The Balaban J connectivity index is 2.70. The molecule has 1 atom stereocenters. The molecule has 0 bridgehead atoms. The molecule has 0 heterocycles. The van der Waals surface area contributed by atoms with E-state index < -0.39 is 0 Å². The molecule has 0 amide bonds. The first-order valence-electron chi connectivity index (χ1n) is 6.67. The summed E-state index contributed by atoms with van der Waals surface area (Å²) in [4.78, 5) is 1.32. The van der Waals surface area contributed by atoms with Crippen LogP contribution in [0.5, 0.6) is 0 Å². The largest absolute Gasteiger partial charge is 0.310 e. The average molecular weight is 286 g/mol. The molecule has 1 nitrogen and oxygen atoms in total. The van der Waals surface area contributed by atoms with Crippen molar-refractivity contribution in [3.8, 4) is 0 Å². The van der Waals surface area contributed by atoms with E-state index in [9.17, 15) is 0 Å². The van der Waals surface area contributed by atoms with Gasteiger partial charge in [0.2, 0.25) is 0 Å². The molecule has 0 aliphatic rings. The van der Waals surface area contributed by atoms with E-state index in [1.54, 1.807) is 0 Å². The molecule has 1 unspecified atom stereocenters. The fraction of sp³-hybridized carbons (Fsp3) is 0.600. The lowest BCUT2D eigenvalue weighted by Crippen LogP contribution is -2.22. The predicted octanol–water partition coefficient (Wildman–Crippen LogP) is 4.98. The molecule has 3 heteroatoms. The summed E-state index contributed by atoms with van der Waals surface area (Å²) in [5, 5.41) is 4.30. The van der Waals surface area contributed by atoms with Crippen LogP contribution in [-0.4, -0.2) is 11.8 Å². The molecule has 1 N–H and O–H groups in total. The number of thioether (sulfide) groups is 1. The van der Waals surface area contributed by atoms with E-state index in [0.29, 0.717) is 6.04 Å². The number of hydrogen-bond donors (Lipinski definition) is 1. The third-order valence-electron chi connectivity index (χ3n) is 2.95. The van der Waals surface area contributed by atoms with Gasteiger partial charge < -0.3 is 5.32 Å². The van der Waals surface area contributed by atoms with E-state index in [1.165, 1.54) is 16.9 Å². The Labute approximate surface area is 121 Å². The Kier molecular flexibility index (Phi) is 7.13. The summed E-state index contributed by atoms with van der Waals surface area (Å²) in [6, 6.07) is 6.71. The number of rotatable bonds is 7. The molecular weight excluding hydrogens is 262 g/mol. The van der Waals surface area contributed by atoms with Crippen molar-refractivity contribution in [3.63, 3.8) is 0 Å². The first-order chi connectivity index (χ1) is 8.52. The fourth-order valence-electron chi connectivity index (χ4n) is 1.47. The van der Waals surface area contributed by atoms with Crippen LogP contribution in [0.25, 0.3) is 0 Å². The summed E-state index contributed by atoms with van der Waals surface area (Å²) in [6.45, 7) is 9.79. The number of benzene rings is 1. The monoisotopic (exact) mass is 285 g/mol. The first-order valence-corrected chi connectivity index (χ1v) is 8.03. The molecule has 0 saturated heterocycles. The molecule has 0 aromatic heterocycles. The number of halogens is 1. The molecule has 0 spiro atoms. The van der Waals surface area contributed by atoms with Crippen LogP contribution in [0.15, 0.2) is 23.1 Å². The highest BCUT2D eigenvalue weighted by Gasteiger charge is 2.07. The lowest BCUT2D eigenvalue weighted by Gasteiger charge is -2.14. The highest BCUT2D eigenvalue weighted by Crippen LogP contribution is 2.28. The predicted molar refractivity (Wildman–Crippen MR) is 83.6 cm³/mol. The molecule has 18 heavy (non-hydrogen) atoms. The van der Waals surface area contributed by atoms with Gasteiger partial charge in [-0.2, -0.15) is 0 Å². The van der Waals surface area contributed by atoms with Crippen LogP contribution in [0.4, 0.5) is 0 Å². The van der Waals surface area contributed by atoms with Crippen molar-refractivity contribution in [2.24, 2.45) is 5.92 Å². The van der Waals surface area contributed by atoms with E-state index >= 15 is 0 Å². The summed E-state index contributed by atoms with van der Waals surface area (Å²) in [5.41, 5.74) is 1.35. The highest BCUT2D eigenvalue weighted by molar-refractivity contribution is 7.99. The van der Waals surface area contributed by atoms with Gasteiger partial charge in [0.25, 0.3) is 0 Å². The fourth-order valence-corrected chi connectivity index (χ4v) is 2.95. The highest BCUT2D eigenvalue weighted by atomic mass is 35.5. The topological polar surface area (TPSA) is 12.0 Å². The second kappa shape index (κ2) is 8.08. The summed E-state index contributed by atoms with van der Waals surface area (Å²) >= 11 is 8.02. The van der Waals surface area contributed by atoms with Gasteiger partial charge in [0.1, 0.15) is 0 Å². The molecule has 102 valence electrons. The normalized spacial score (nSPS) is 13.0. The van der Waals surface area contributed by atoms with Crippen molar-refractivity contribution in [1.29, 1.82) is 0 Å². The minimum Gasteiger partial charge on any atom is -0.310 e. The summed E-state index contributed by atoms with van der Waals surface area (Å²) < 4.78 is 0. The van der Waals surface area contributed by atoms with E-state index in [-0.39, 0.29) is 0 Å². The zero-order valence-corrected chi connectivity index (χ0v) is 13.4. The van der Waals surface area contributed by atoms with Gasteiger partial charge in [-0.05, 0) is 23.6 Å².